The average Bonchev–Trinajstić information content (AvgIpc) is 2.81. The summed E-state index contributed by atoms with van der Waals surface area (Å²) in [5.41, 5.74) is -1.84. The van der Waals surface area contributed by atoms with Crippen LogP contribution in [0.1, 0.15) is 42.1 Å². The molecule has 0 spiro atoms. The number of aromatic amines is 1. The van der Waals surface area contributed by atoms with Gasteiger partial charge in [0.15, 0.2) is 0 Å². The number of aryl methyl sites for hydroxylation is 1. The van der Waals surface area contributed by atoms with E-state index in [-0.39, 0.29) is 42.2 Å². The quantitative estimate of drug-likeness (QED) is 0.376. The zero-order valence-corrected chi connectivity index (χ0v) is 20.5. The Bertz CT molecular complexity index is 1350. The molecule has 11 heteroatoms. The Morgan fingerprint density at radius 3 is 2.65 bits per heavy atom. The molecule has 1 aliphatic rings. The van der Waals surface area contributed by atoms with Crippen molar-refractivity contribution in [1.82, 2.24) is 15.3 Å². The molecule has 1 aromatic heterocycles. The van der Waals surface area contributed by atoms with Crippen LogP contribution < -0.4 is 10.9 Å². The van der Waals surface area contributed by atoms with Gasteiger partial charge in [-0.3, -0.25) is 9.59 Å². The van der Waals surface area contributed by atoms with E-state index in [0.717, 1.165) is 23.8 Å². The summed E-state index contributed by atoms with van der Waals surface area (Å²) in [6.45, 7) is 1.71. The van der Waals surface area contributed by atoms with Crippen LogP contribution in [0.3, 0.4) is 0 Å². The molecule has 2 aromatic carbocycles. The Morgan fingerprint density at radius 1 is 1.22 bits per heavy atom. The highest BCUT2D eigenvalue weighted by Crippen LogP contribution is 2.38. The van der Waals surface area contributed by atoms with E-state index in [2.05, 4.69) is 15.3 Å². The molecule has 37 heavy (non-hydrogen) atoms. The lowest BCUT2D eigenvalue weighted by atomic mass is 9.81. The van der Waals surface area contributed by atoms with Gasteiger partial charge in [0.1, 0.15) is 11.6 Å². The lowest BCUT2D eigenvalue weighted by molar-refractivity contribution is -0.137. The fourth-order valence-corrected chi connectivity index (χ4v) is 4.33. The fraction of sp³-hybridized carbons (Fsp3) is 0.346. The normalized spacial score (nSPS) is 17.4. The summed E-state index contributed by atoms with van der Waals surface area (Å²) in [5, 5.41) is 3.19. The number of carbonyl (C=O) groups excluding carboxylic acids is 1. The van der Waals surface area contributed by atoms with Crippen LogP contribution in [-0.4, -0.2) is 22.0 Å². The first-order chi connectivity index (χ1) is 17.5. The summed E-state index contributed by atoms with van der Waals surface area (Å²) in [6.07, 6.45) is -3.77. The van der Waals surface area contributed by atoms with Gasteiger partial charge in [0.2, 0.25) is 5.91 Å². The number of carbonyl (C=O) groups is 1. The highest BCUT2D eigenvalue weighted by atomic mass is 35.5. The number of aromatic nitrogens is 2. The molecule has 1 fully saturated rings. The first-order valence-electron chi connectivity index (χ1n) is 11.7. The molecule has 0 radical (unpaired) electrons. The summed E-state index contributed by atoms with van der Waals surface area (Å²) in [6, 6.07) is 10.1. The van der Waals surface area contributed by atoms with Crippen molar-refractivity contribution in [2.24, 2.45) is 5.92 Å². The van der Waals surface area contributed by atoms with Crippen LogP contribution in [0.5, 0.6) is 0 Å². The van der Waals surface area contributed by atoms with Crippen molar-refractivity contribution >= 4 is 17.5 Å². The molecule has 1 amide bonds. The average molecular weight is 538 g/mol. The molecule has 4 rings (SSSR count). The summed E-state index contributed by atoms with van der Waals surface area (Å²) in [4.78, 5) is 30.7. The second kappa shape index (κ2) is 11.0. The summed E-state index contributed by atoms with van der Waals surface area (Å²) in [7, 11) is 0. The van der Waals surface area contributed by atoms with Crippen LogP contribution in [0.25, 0.3) is 11.4 Å². The number of nitrogens with one attached hydrogen (secondary N) is 2. The number of hydrogen-bond acceptors (Lipinski definition) is 4. The van der Waals surface area contributed by atoms with Crippen LogP contribution in [0, 0.1) is 11.7 Å². The molecule has 3 aromatic rings. The molecule has 0 atom stereocenters. The van der Waals surface area contributed by atoms with E-state index in [1.807, 2.05) is 12.1 Å². The molecule has 1 saturated carbocycles. The summed E-state index contributed by atoms with van der Waals surface area (Å²) >= 11 is 5.96. The molecule has 0 saturated heterocycles. The van der Waals surface area contributed by atoms with Gasteiger partial charge in [0, 0.05) is 34.8 Å². The first kappa shape index (κ1) is 26.8. The van der Waals surface area contributed by atoms with E-state index in [9.17, 15) is 22.8 Å². The van der Waals surface area contributed by atoms with Gasteiger partial charge in [0.05, 0.1) is 23.8 Å². The zero-order valence-electron chi connectivity index (χ0n) is 19.8. The lowest BCUT2D eigenvalue weighted by Gasteiger charge is -2.34. The monoisotopic (exact) mass is 537 g/mol. The molecule has 1 aliphatic carbocycles. The topological polar surface area (TPSA) is 84.1 Å². The zero-order chi connectivity index (χ0) is 26.7. The molecule has 1 heterocycles. The van der Waals surface area contributed by atoms with E-state index in [1.165, 1.54) is 0 Å². The first-order valence-corrected chi connectivity index (χ1v) is 12.1. The Morgan fingerprint density at radius 2 is 1.97 bits per heavy atom. The Balaban J connectivity index is 1.43. The van der Waals surface area contributed by atoms with Gasteiger partial charge in [-0.1, -0.05) is 36.7 Å². The van der Waals surface area contributed by atoms with Gasteiger partial charge in [-0.15, -0.1) is 0 Å². The van der Waals surface area contributed by atoms with E-state index in [1.54, 1.807) is 19.1 Å². The standard InChI is InChI=1S/C26H24ClF4N3O3/c1-2-18-11-21(35)34-24(33-18)22-20(26(29,30)31)7-6-15(23(22)28)12-32-25(36)16-9-19(10-16)37-13-14-4-3-5-17(27)8-14/h3-8,11,16,19H,2,9-10,12-13H2,1H3,(H,32,36)(H,33,34,35). The maximum Gasteiger partial charge on any atom is 0.417 e. The summed E-state index contributed by atoms with van der Waals surface area (Å²) < 4.78 is 62.1. The number of H-pyrrole nitrogens is 1. The SMILES string of the molecule is CCc1cc(=O)[nH]c(-c2c(C(F)(F)F)ccc(CNC(=O)C3CC(OCc4cccc(Cl)c4)C3)c2F)n1. The van der Waals surface area contributed by atoms with Crippen LogP contribution in [0.15, 0.2) is 47.3 Å². The molecule has 0 unspecified atom stereocenters. The van der Waals surface area contributed by atoms with Gasteiger partial charge in [-0.05, 0) is 43.0 Å². The van der Waals surface area contributed by atoms with Crippen LogP contribution in [-0.2, 0) is 35.3 Å². The smallest absolute Gasteiger partial charge is 0.373 e. The molecule has 6 nitrogen and oxygen atoms in total. The third-order valence-electron chi connectivity index (χ3n) is 6.21. The fourth-order valence-electron chi connectivity index (χ4n) is 4.11. The molecule has 196 valence electrons. The van der Waals surface area contributed by atoms with Gasteiger partial charge in [-0.25, -0.2) is 9.37 Å². The van der Waals surface area contributed by atoms with Crippen molar-refractivity contribution in [2.75, 3.05) is 0 Å². The number of benzene rings is 2. The number of hydrogen-bond donors (Lipinski definition) is 2. The highest BCUT2D eigenvalue weighted by Gasteiger charge is 2.38. The van der Waals surface area contributed by atoms with E-state index >= 15 is 4.39 Å². The van der Waals surface area contributed by atoms with Crippen LogP contribution in [0.2, 0.25) is 5.02 Å². The van der Waals surface area contributed by atoms with Gasteiger partial charge in [-0.2, -0.15) is 13.2 Å². The maximum atomic E-state index is 15.4. The number of alkyl halides is 3. The van der Waals surface area contributed by atoms with Crippen LogP contribution in [0.4, 0.5) is 17.6 Å². The minimum absolute atomic E-state index is 0.113. The van der Waals surface area contributed by atoms with Crippen molar-refractivity contribution in [3.63, 3.8) is 0 Å². The van der Waals surface area contributed by atoms with Crippen molar-refractivity contribution in [1.29, 1.82) is 0 Å². The Hall–Kier alpha value is -3.24. The van der Waals surface area contributed by atoms with Gasteiger partial charge < -0.3 is 15.0 Å². The third-order valence-corrected chi connectivity index (χ3v) is 6.45. The third kappa shape index (κ3) is 6.37. The largest absolute Gasteiger partial charge is 0.417 e. The maximum absolute atomic E-state index is 15.4. The van der Waals surface area contributed by atoms with E-state index in [0.29, 0.717) is 24.5 Å². The van der Waals surface area contributed by atoms with Crippen LogP contribution >= 0.6 is 11.6 Å². The Labute approximate surface area is 215 Å². The number of amides is 1. The lowest BCUT2D eigenvalue weighted by Crippen LogP contribution is -2.42. The molecule has 2 N–H and O–H groups in total. The number of rotatable bonds is 8. The minimum Gasteiger partial charge on any atom is -0.373 e. The van der Waals surface area contributed by atoms with Gasteiger partial charge in [0.25, 0.3) is 5.56 Å². The molecule has 0 bridgehead atoms. The van der Waals surface area contributed by atoms with E-state index < -0.39 is 34.5 Å². The molecule has 0 aliphatic heterocycles. The predicted molar refractivity (Wildman–Crippen MR) is 129 cm³/mol. The second-order valence-electron chi connectivity index (χ2n) is 8.85. The summed E-state index contributed by atoms with van der Waals surface area (Å²) in [5.74, 6) is -2.41. The van der Waals surface area contributed by atoms with Crippen molar-refractivity contribution in [3.05, 3.63) is 86.0 Å². The highest BCUT2D eigenvalue weighted by molar-refractivity contribution is 6.30. The Kier molecular flexibility index (Phi) is 7.99. The van der Waals surface area contributed by atoms with Crippen molar-refractivity contribution in [2.45, 2.75) is 51.6 Å². The van der Waals surface area contributed by atoms with Crippen molar-refractivity contribution < 1.29 is 27.1 Å². The second-order valence-corrected chi connectivity index (χ2v) is 9.28. The van der Waals surface area contributed by atoms with E-state index in [4.69, 9.17) is 16.3 Å². The predicted octanol–water partition coefficient (Wildman–Crippen LogP) is 5.42. The number of nitrogens with zero attached hydrogens (tertiary/aromatic N) is 1. The number of ether oxygens (including phenoxy) is 1. The van der Waals surface area contributed by atoms with Crippen molar-refractivity contribution in [3.8, 4) is 11.4 Å². The number of halogens is 5. The molecular formula is C26H24ClF4N3O3. The van der Waals surface area contributed by atoms with Gasteiger partial charge >= 0.3 is 6.18 Å². The minimum atomic E-state index is -4.88. The molecular weight excluding hydrogens is 514 g/mol.